The van der Waals surface area contributed by atoms with Crippen molar-refractivity contribution in [1.29, 1.82) is 0 Å². The van der Waals surface area contributed by atoms with E-state index < -0.39 is 0 Å². The van der Waals surface area contributed by atoms with Gasteiger partial charge < -0.3 is 9.64 Å². The Morgan fingerprint density at radius 3 is 2.56 bits per heavy atom. The van der Waals surface area contributed by atoms with E-state index in [1.54, 1.807) is 6.20 Å². The van der Waals surface area contributed by atoms with Gasteiger partial charge in [0.05, 0.1) is 24.8 Å². The molecule has 0 spiro atoms. The quantitative estimate of drug-likeness (QED) is 0.423. The molecular formula is C28H28N4O2. The van der Waals surface area contributed by atoms with Gasteiger partial charge >= 0.3 is 0 Å². The predicted octanol–water partition coefficient (Wildman–Crippen LogP) is 4.06. The fraction of sp³-hybridized carbons (Fsp3) is 0.250. The molecule has 2 aromatic heterocycles. The van der Waals surface area contributed by atoms with Crippen LogP contribution in [0.4, 0.5) is 0 Å². The van der Waals surface area contributed by atoms with Crippen molar-refractivity contribution in [1.82, 2.24) is 19.8 Å². The van der Waals surface area contributed by atoms with Gasteiger partial charge in [-0.2, -0.15) is 0 Å². The Morgan fingerprint density at radius 2 is 1.71 bits per heavy atom. The lowest BCUT2D eigenvalue weighted by Gasteiger charge is -2.25. The van der Waals surface area contributed by atoms with Gasteiger partial charge in [0.2, 0.25) is 5.91 Å². The zero-order valence-corrected chi connectivity index (χ0v) is 19.1. The summed E-state index contributed by atoms with van der Waals surface area (Å²) in [5, 5.41) is 1.12. The number of carbonyl (C=O) groups is 1. The number of ether oxygens (including phenoxy) is 1. The maximum absolute atomic E-state index is 13.3. The highest BCUT2D eigenvalue weighted by Gasteiger charge is 2.29. The molecule has 172 valence electrons. The number of benzene rings is 2. The van der Waals surface area contributed by atoms with Gasteiger partial charge in [0, 0.05) is 50.2 Å². The number of pyridine rings is 2. The maximum atomic E-state index is 13.3. The van der Waals surface area contributed by atoms with Gasteiger partial charge in [0.1, 0.15) is 0 Å². The van der Waals surface area contributed by atoms with Crippen LogP contribution >= 0.6 is 0 Å². The molecule has 3 heterocycles. The minimum Gasteiger partial charge on any atom is -0.370 e. The van der Waals surface area contributed by atoms with Gasteiger partial charge in [0.15, 0.2) is 0 Å². The molecule has 0 bridgehead atoms. The zero-order valence-electron chi connectivity index (χ0n) is 19.1. The third-order valence-electron chi connectivity index (χ3n) is 6.15. The van der Waals surface area contributed by atoms with Crippen molar-refractivity contribution in [3.8, 4) is 0 Å². The number of hydrogen-bond acceptors (Lipinski definition) is 5. The van der Waals surface area contributed by atoms with Crippen molar-refractivity contribution >= 4 is 16.8 Å². The van der Waals surface area contributed by atoms with Crippen LogP contribution in [-0.4, -0.2) is 51.4 Å². The van der Waals surface area contributed by atoms with E-state index in [1.807, 2.05) is 65.8 Å². The Labute approximate surface area is 199 Å². The summed E-state index contributed by atoms with van der Waals surface area (Å²) in [6, 6.07) is 24.3. The normalized spacial score (nSPS) is 17.1. The summed E-state index contributed by atoms with van der Waals surface area (Å²) >= 11 is 0. The molecule has 1 fully saturated rings. The maximum Gasteiger partial charge on any atom is 0.237 e. The lowest BCUT2D eigenvalue weighted by atomic mass is 10.1. The van der Waals surface area contributed by atoms with Crippen LogP contribution in [-0.2, 0) is 29.2 Å². The smallest absolute Gasteiger partial charge is 0.237 e. The summed E-state index contributed by atoms with van der Waals surface area (Å²) in [5.41, 5.74) is 4.28. The van der Waals surface area contributed by atoms with Crippen LogP contribution in [0, 0.1) is 0 Å². The van der Waals surface area contributed by atoms with Crippen molar-refractivity contribution in [2.45, 2.75) is 25.8 Å². The third-order valence-corrected chi connectivity index (χ3v) is 6.15. The number of amides is 1. The SMILES string of the molecule is O=C1CN(Cc2cccc3ncccc23)C[C@@H](OCc2cccnc2)CN1Cc1ccccc1. The molecule has 1 saturated heterocycles. The van der Waals surface area contributed by atoms with Crippen LogP contribution in [0.5, 0.6) is 0 Å². The van der Waals surface area contributed by atoms with Gasteiger partial charge in [-0.3, -0.25) is 19.7 Å². The van der Waals surface area contributed by atoms with E-state index >= 15 is 0 Å². The standard InChI is InChI=1S/C28H28N4O2/c33-28-20-31(17-24-10-4-12-27-26(24)11-6-14-30-27)18-25(34-21-23-9-5-13-29-15-23)19-32(28)16-22-7-2-1-3-8-22/h1-15,25H,16-21H2/t25-/m1/s1. The largest absolute Gasteiger partial charge is 0.370 e. The summed E-state index contributed by atoms with van der Waals surface area (Å²) in [6.45, 7) is 3.31. The monoisotopic (exact) mass is 452 g/mol. The summed E-state index contributed by atoms with van der Waals surface area (Å²) in [6.07, 6.45) is 5.29. The molecule has 1 aliphatic rings. The van der Waals surface area contributed by atoms with E-state index in [2.05, 4.69) is 39.1 Å². The molecular weight excluding hydrogens is 424 g/mol. The fourth-order valence-electron chi connectivity index (χ4n) is 4.47. The Kier molecular flexibility index (Phi) is 6.89. The second kappa shape index (κ2) is 10.5. The molecule has 4 aromatic rings. The van der Waals surface area contributed by atoms with Gasteiger partial charge in [-0.25, -0.2) is 0 Å². The van der Waals surface area contributed by atoms with Crippen molar-refractivity contribution in [2.24, 2.45) is 0 Å². The molecule has 1 amide bonds. The highest BCUT2D eigenvalue weighted by molar-refractivity contribution is 5.82. The van der Waals surface area contributed by atoms with Crippen LogP contribution in [0.3, 0.4) is 0 Å². The number of fused-ring (bicyclic) bond motifs is 1. The average molecular weight is 453 g/mol. The number of aromatic nitrogens is 2. The first kappa shape index (κ1) is 22.2. The zero-order chi connectivity index (χ0) is 23.2. The van der Waals surface area contributed by atoms with E-state index in [0.29, 0.717) is 39.3 Å². The molecule has 0 saturated carbocycles. The van der Waals surface area contributed by atoms with Crippen LogP contribution in [0.15, 0.2) is 91.4 Å². The van der Waals surface area contributed by atoms with Crippen LogP contribution in [0.2, 0.25) is 0 Å². The summed E-state index contributed by atoms with van der Waals surface area (Å²) < 4.78 is 6.33. The number of hydrogen-bond donors (Lipinski definition) is 0. The molecule has 6 nitrogen and oxygen atoms in total. The van der Waals surface area contributed by atoms with Gasteiger partial charge in [0.25, 0.3) is 0 Å². The fourth-order valence-corrected chi connectivity index (χ4v) is 4.47. The Bertz CT molecular complexity index is 1230. The third kappa shape index (κ3) is 5.47. The Morgan fingerprint density at radius 1 is 0.853 bits per heavy atom. The predicted molar refractivity (Wildman–Crippen MR) is 132 cm³/mol. The first-order valence-electron chi connectivity index (χ1n) is 11.6. The van der Waals surface area contributed by atoms with E-state index in [9.17, 15) is 4.79 Å². The molecule has 1 aliphatic heterocycles. The Hall–Kier alpha value is -3.61. The Balaban J connectivity index is 1.36. The summed E-state index contributed by atoms with van der Waals surface area (Å²) in [7, 11) is 0. The second-order valence-electron chi connectivity index (χ2n) is 8.71. The molecule has 5 rings (SSSR count). The van der Waals surface area contributed by atoms with Crippen LogP contribution in [0.1, 0.15) is 16.7 Å². The molecule has 2 aromatic carbocycles. The molecule has 0 aliphatic carbocycles. The lowest BCUT2D eigenvalue weighted by Crippen LogP contribution is -2.37. The topological polar surface area (TPSA) is 58.6 Å². The lowest BCUT2D eigenvalue weighted by molar-refractivity contribution is -0.132. The van der Waals surface area contributed by atoms with Crippen molar-refractivity contribution in [3.05, 3.63) is 108 Å². The molecule has 0 unspecified atom stereocenters. The first-order valence-corrected chi connectivity index (χ1v) is 11.6. The van der Waals surface area contributed by atoms with Gasteiger partial charge in [-0.1, -0.05) is 54.6 Å². The van der Waals surface area contributed by atoms with Crippen molar-refractivity contribution < 1.29 is 9.53 Å². The minimum atomic E-state index is -0.108. The molecule has 1 atom stereocenters. The van der Waals surface area contributed by atoms with Crippen LogP contribution in [0.25, 0.3) is 10.9 Å². The van der Waals surface area contributed by atoms with E-state index in [1.165, 1.54) is 5.56 Å². The van der Waals surface area contributed by atoms with Gasteiger partial charge in [-0.05, 0) is 34.9 Å². The number of carbonyl (C=O) groups excluding carboxylic acids is 1. The highest BCUT2D eigenvalue weighted by atomic mass is 16.5. The summed E-state index contributed by atoms with van der Waals surface area (Å²) in [5.74, 6) is 0.120. The minimum absolute atomic E-state index is 0.108. The number of nitrogens with zero attached hydrogens (tertiary/aromatic N) is 4. The van der Waals surface area contributed by atoms with E-state index in [0.717, 1.165) is 22.0 Å². The van der Waals surface area contributed by atoms with E-state index in [4.69, 9.17) is 4.74 Å². The van der Waals surface area contributed by atoms with Crippen LogP contribution < -0.4 is 0 Å². The average Bonchev–Trinajstić information content (AvgIpc) is 3.02. The van der Waals surface area contributed by atoms with Gasteiger partial charge in [-0.15, -0.1) is 0 Å². The van der Waals surface area contributed by atoms with Crippen molar-refractivity contribution in [3.63, 3.8) is 0 Å². The van der Waals surface area contributed by atoms with E-state index in [-0.39, 0.29) is 12.0 Å². The first-order chi connectivity index (χ1) is 16.7. The highest BCUT2D eigenvalue weighted by Crippen LogP contribution is 2.21. The molecule has 6 heteroatoms. The summed E-state index contributed by atoms with van der Waals surface area (Å²) in [4.78, 5) is 26.1. The molecule has 0 N–H and O–H groups in total. The second-order valence-corrected chi connectivity index (χ2v) is 8.71. The molecule has 34 heavy (non-hydrogen) atoms. The van der Waals surface area contributed by atoms with Crippen molar-refractivity contribution in [2.75, 3.05) is 19.6 Å². The number of rotatable bonds is 7. The molecule has 0 radical (unpaired) electrons.